The van der Waals surface area contributed by atoms with Crippen LogP contribution in [0.15, 0.2) is 41.2 Å². The highest BCUT2D eigenvalue weighted by Gasteiger charge is 2.33. The fraction of sp³-hybridized carbons (Fsp3) is 0.0833. The summed E-state index contributed by atoms with van der Waals surface area (Å²) in [4.78, 5) is 13.6. The van der Waals surface area contributed by atoms with Crippen molar-refractivity contribution >= 4 is 5.69 Å². The SMILES string of the molecule is Nc1cc(-c2ccccc2C(F)(F)F)[nH]c(=O)c1. The molecule has 1 aromatic heterocycles. The lowest BCUT2D eigenvalue weighted by atomic mass is 10.0. The van der Waals surface area contributed by atoms with Crippen LogP contribution in [0.4, 0.5) is 18.9 Å². The Balaban J connectivity index is 2.68. The Morgan fingerprint density at radius 3 is 2.39 bits per heavy atom. The van der Waals surface area contributed by atoms with Crippen molar-refractivity contribution in [1.82, 2.24) is 4.98 Å². The fourth-order valence-electron chi connectivity index (χ4n) is 1.67. The average molecular weight is 254 g/mol. The molecule has 0 saturated heterocycles. The van der Waals surface area contributed by atoms with Crippen molar-refractivity contribution in [2.45, 2.75) is 6.18 Å². The summed E-state index contributed by atoms with van der Waals surface area (Å²) in [5.41, 5.74) is 4.16. The van der Waals surface area contributed by atoms with E-state index in [0.29, 0.717) is 0 Å². The van der Waals surface area contributed by atoms with Gasteiger partial charge in [0.1, 0.15) is 0 Å². The molecule has 0 radical (unpaired) electrons. The second-order valence-corrected chi connectivity index (χ2v) is 3.73. The van der Waals surface area contributed by atoms with Crippen molar-refractivity contribution in [2.24, 2.45) is 0 Å². The molecule has 1 aromatic carbocycles. The molecule has 0 aliphatic rings. The maximum Gasteiger partial charge on any atom is 0.417 e. The number of hydrogen-bond acceptors (Lipinski definition) is 2. The number of nitrogens with two attached hydrogens (primary N) is 1. The van der Waals surface area contributed by atoms with Crippen LogP contribution in [0, 0.1) is 0 Å². The minimum Gasteiger partial charge on any atom is -0.399 e. The highest BCUT2D eigenvalue weighted by Crippen LogP contribution is 2.36. The summed E-state index contributed by atoms with van der Waals surface area (Å²) < 4.78 is 38.4. The van der Waals surface area contributed by atoms with Crippen molar-refractivity contribution in [3.63, 3.8) is 0 Å². The molecule has 0 aliphatic carbocycles. The number of hydrogen-bond donors (Lipinski definition) is 2. The molecule has 0 aliphatic heterocycles. The third-order valence-corrected chi connectivity index (χ3v) is 2.39. The number of anilines is 1. The molecule has 18 heavy (non-hydrogen) atoms. The molecule has 3 nitrogen and oxygen atoms in total. The molecule has 0 unspecified atom stereocenters. The van der Waals surface area contributed by atoms with Crippen molar-refractivity contribution in [3.05, 3.63) is 52.3 Å². The Morgan fingerprint density at radius 2 is 1.78 bits per heavy atom. The van der Waals surface area contributed by atoms with Gasteiger partial charge in [0.2, 0.25) is 5.56 Å². The van der Waals surface area contributed by atoms with Gasteiger partial charge in [-0.05, 0) is 12.1 Å². The van der Waals surface area contributed by atoms with Crippen LogP contribution in [-0.4, -0.2) is 4.98 Å². The summed E-state index contributed by atoms with van der Waals surface area (Å²) in [5.74, 6) is 0. The van der Waals surface area contributed by atoms with Crippen LogP contribution in [0.2, 0.25) is 0 Å². The number of pyridine rings is 1. The number of alkyl halides is 3. The molecule has 2 rings (SSSR count). The van der Waals surface area contributed by atoms with Gasteiger partial charge < -0.3 is 10.7 Å². The van der Waals surface area contributed by atoms with E-state index in [-0.39, 0.29) is 16.9 Å². The number of aromatic amines is 1. The Hall–Kier alpha value is -2.24. The first-order chi connectivity index (χ1) is 8.38. The van der Waals surface area contributed by atoms with Gasteiger partial charge in [-0.3, -0.25) is 4.79 Å². The molecule has 0 bridgehead atoms. The average Bonchev–Trinajstić information content (AvgIpc) is 2.26. The van der Waals surface area contributed by atoms with Crippen molar-refractivity contribution in [1.29, 1.82) is 0 Å². The Kier molecular flexibility index (Phi) is 2.86. The predicted molar refractivity (Wildman–Crippen MR) is 61.9 cm³/mol. The Morgan fingerprint density at radius 1 is 1.11 bits per heavy atom. The zero-order valence-electron chi connectivity index (χ0n) is 9.08. The summed E-state index contributed by atoms with van der Waals surface area (Å²) in [6.45, 7) is 0. The van der Waals surface area contributed by atoms with Crippen molar-refractivity contribution in [3.8, 4) is 11.3 Å². The van der Waals surface area contributed by atoms with E-state index in [1.807, 2.05) is 0 Å². The van der Waals surface area contributed by atoms with Gasteiger partial charge in [-0.1, -0.05) is 18.2 Å². The van der Waals surface area contributed by atoms with E-state index in [2.05, 4.69) is 4.98 Å². The van der Waals surface area contributed by atoms with Crippen molar-refractivity contribution in [2.75, 3.05) is 5.73 Å². The molecule has 0 amide bonds. The molecule has 3 N–H and O–H groups in total. The maximum atomic E-state index is 12.8. The quantitative estimate of drug-likeness (QED) is 0.821. The standard InChI is InChI=1S/C12H9F3N2O/c13-12(14,15)9-4-2-1-3-8(9)10-5-7(16)6-11(18)17-10/h1-6H,(H3,16,17,18). The monoisotopic (exact) mass is 254 g/mol. The van der Waals surface area contributed by atoms with Gasteiger partial charge in [-0.2, -0.15) is 13.2 Å². The number of aromatic nitrogens is 1. The summed E-state index contributed by atoms with van der Waals surface area (Å²) in [6.07, 6.45) is -4.49. The molecule has 94 valence electrons. The lowest BCUT2D eigenvalue weighted by molar-refractivity contribution is -0.137. The third kappa shape index (κ3) is 2.37. The first-order valence-corrected chi connectivity index (χ1v) is 5.04. The van der Waals surface area contributed by atoms with E-state index in [1.54, 1.807) is 0 Å². The molecule has 0 spiro atoms. The predicted octanol–water partition coefficient (Wildman–Crippen LogP) is 2.64. The zero-order chi connectivity index (χ0) is 13.3. The first kappa shape index (κ1) is 12.2. The summed E-state index contributed by atoms with van der Waals surface area (Å²) in [6, 6.07) is 7.40. The summed E-state index contributed by atoms with van der Waals surface area (Å²) in [5, 5.41) is 0. The number of nitrogens with one attached hydrogen (secondary N) is 1. The van der Waals surface area contributed by atoms with Gasteiger partial charge in [0.05, 0.1) is 11.3 Å². The number of nitrogen functional groups attached to an aromatic ring is 1. The van der Waals surface area contributed by atoms with Crippen LogP contribution >= 0.6 is 0 Å². The number of rotatable bonds is 1. The van der Waals surface area contributed by atoms with Gasteiger partial charge in [0.25, 0.3) is 0 Å². The summed E-state index contributed by atoms with van der Waals surface area (Å²) >= 11 is 0. The second-order valence-electron chi connectivity index (χ2n) is 3.73. The van der Waals surface area contributed by atoms with Gasteiger partial charge in [0.15, 0.2) is 0 Å². The van der Waals surface area contributed by atoms with Crippen LogP contribution in [0.25, 0.3) is 11.3 Å². The van der Waals surface area contributed by atoms with Crippen LogP contribution < -0.4 is 11.3 Å². The van der Waals surface area contributed by atoms with Gasteiger partial charge >= 0.3 is 6.18 Å². The lowest BCUT2D eigenvalue weighted by Gasteiger charge is -2.12. The normalized spacial score (nSPS) is 11.5. The van der Waals surface area contributed by atoms with E-state index < -0.39 is 17.3 Å². The second kappa shape index (κ2) is 4.21. The van der Waals surface area contributed by atoms with E-state index >= 15 is 0 Å². The van der Waals surface area contributed by atoms with Crippen molar-refractivity contribution < 1.29 is 13.2 Å². The van der Waals surface area contributed by atoms with Gasteiger partial charge in [-0.25, -0.2) is 0 Å². The zero-order valence-corrected chi connectivity index (χ0v) is 9.08. The molecule has 0 fully saturated rings. The minimum atomic E-state index is -4.49. The van der Waals surface area contributed by atoms with Crippen LogP contribution in [0.5, 0.6) is 0 Å². The van der Waals surface area contributed by atoms with E-state index in [0.717, 1.165) is 12.1 Å². The largest absolute Gasteiger partial charge is 0.417 e. The number of benzene rings is 1. The highest BCUT2D eigenvalue weighted by atomic mass is 19.4. The molecule has 0 saturated carbocycles. The van der Waals surface area contributed by atoms with Crippen LogP contribution in [-0.2, 0) is 6.18 Å². The first-order valence-electron chi connectivity index (χ1n) is 5.04. The lowest BCUT2D eigenvalue weighted by Crippen LogP contribution is -2.11. The van der Waals surface area contributed by atoms with Crippen LogP contribution in [0.3, 0.4) is 0 Å². The summed E-state index contributed by atoms with van der Waals surface area (Å²) in [7, 11) is 0. The third-order valence-electron chi connectivity index (χ3n) is 2.39. The molecular formula is C12H9F3N2O. The maximum absolute atomic E-state index is 12.8. The molecule has 1 heterocycles. The smallest absolute Gasteiger partial charge is 0.399 e. The van der Waals surface area contributed by atoms with Gasteiger partial charge in [-0.15, -0.1) is 0 Å². The van der Waals surface area contributed by atoms with E-state index in [4.69, 9.17) is 5.73 Å². The van der Waals surface area contributed by atoms with Gasteiger partial charge in [0, 0.05) is 17.3 Å². The Labute approximate surface area is 100 Å². The van der Waals surface area contributed by atoms with Crippen LogP contribution in [0.1, 0.15) is 5.56 Å². The Bertz CT molecular complexity index is 632. The van der Waals surface area contributed by atoms with E-state index in [1.165, 1.54) is 24.3 Å². The molecule has 2 aromatic rings. The number of H-pyrrole nitrogens is 1. The minimum absolute atomic E-state index is 0.0490. The fourth-order valence-corrected chi connectivity index (χ4v) is 1.67. The topological polar surface area (TPSA) is 58.9 Å². The molecular weight excluding hydrogens is 245 g/mol. The van der Waals surface area contributed by atoms with E-state index in [9.17, 15) is 18.0 Å². The highest BCUT2D eigenvalue weighted by molar-refractivity contribution is 5.67. The molecule has 0 atom stereocenters. The number of halogens is 3. The molecule has 6 heteroatoms.